The number of ether oxygens (including phenoxy) is 1. The number of alkyl halides is 3. The number of carbonyl (C=O) groups is 1. The van der Waals surface area contributed by atoms with E-state index in [-0.39, 0.29) is 36.5 Å². The second-order valence-corrected chi connectivity index (χ2v) is 9.09. The van der Waals surface area contributed by atoms with E-state index in [0.29, 0.717) is 30.5 Å². The van der Waals surface area contributed by atoms with E-state index in [1.54, 1.807) is 6.07 Å². The van der Waals surface area contributed by atoms with Gasteiger partial charge in [-0.05, 0) is 48.6 Å². The smallest absolute Gasteiger partial charge is 0.380 e. The largest absolute Gasteiger partial charge is 0.414 e. The van der Waals surface area contributed by atoms with Gasteiger partial charge in [0.15, 0.2) is 6.04 Å². The summed E-state index contributed by atoms with van der Waals surface area (Å²) < 4.78 is 61.1. The van der Waals surface area contributed by atoms with E-state index in [0.717, 1.165) is 10.5 Å². The zero-order valence-electron chi connectivity index (χ0n) is 16.9. The first-order valence-electron chi connectivity index (χ1n) is 10.3. The lowest BCUT2D eigenvalue weighted by Gasteiger charge is -2.37. The number of nitrogens with zero attached hydrogens (tertiary/aromatic N) is 2. The number of carbonyl (C=O) groups excluding carboxylic acids is 1. The van der Waals surface area contributed by atoms with E-state index in [9.17, 15) is 22.4 Å². The zero-order valence-corrected chi connectivity index (χ0v) is 17.6. The number of fused-ring (bicyclic) bond motifs is 1. The van der Waals surface area contributed by atoms with E-state index in [1.807, 2.05) is 0 Å². The number of rotatable bonds is 4. The summed E-state index contributed by atoms with van der Waals surface area (Å²) in [5, 5.41) is 3.27. The molecule has 32 heavy (non-hydrogen) atoms. The van der Waals surface area contributed by atoms with Gasteiger partial charge in [-0.2, -0.15) is 13.2 Å². The predicted molar refractivity (Wildman–Crippen MR) is 109 cm³/mol. The molecule has 1 amide bonds. The maximum absolute atomic E-state index is 14.2. The molecule has 1 N–H and O–H groups in total. The lowest BCUT2D eigenvalue weighted by molar-refractivity contribution is -0.196. The van der Waals surface area contributed by atoms with Gasteiger partial charge in [0, 0.05) is 12.6 Å². The molecule has 10 heteroatoms. The number of hydrogen-bond acceptors (Lipinski definition) is 4. The van der Waals surface area contributed by atoms with Crippen LogP contribution in [-0.4, -0.2) is 47.8 Å². The summed E-state index contributed by atoms with van der Waals surface area (Å²) in [5.41, 5.74) is 0.878. The van der Waals surface area contributed by atoms with Crippen LogP contribution >= 0.6 is 11.6 Å². The minimum atomic E-state index is -4.66. The Morgan fingerprint density at radius 3 is 2.59 bits per heavy atom. The van der Waals surface area contributed by atoms with Crippen LogP contribution in [0, 0.1) is 11.2 Å². The van der Waals surface area contributed by atoms with Crippen molar-refractivity contribution in [3.8, 4) is 0 Å². The maximum atomic E-state index is 14.2. The monoisotopic (exact) mass is 469 g/mol. The molecule has 2 aromatic rings. The molecule has 2 fully saturated rings. The second-order valence-electron chi connectivity index (χ2n) is 8.69. The highest BCUT2D eigenvalue weighted by Gasteiger charge is 2.58. The van der Waals surface area contributed by atoms with E-state index in [1.165, 1.54) is 24.4 Å². The summed E-state index contributed by atoms with van der Waals surface area (Å²) in [6.07, 6.45) is -1.99. The fraction of sp³-hybridized carbons (Fsp3) is 0.455. The quantitative estimate of drug-likeness (QED) is 0.678. The van der Waals surface area contributed by atoms with Crippen LogP contribution in [0.25, 0.3) is 0 Å². The van der Waals surface area contributed by atoms with Gasteiger partial charge in [-0.15, -0.1) is 0 Å². The molecule has 0 bridgehead atoms. The van der Waals surface area contributed by atoms with E-state index < -0.39 is 29.4 Å². The Bertz CT molecular complexity index is 1060. The van der Waals surface area contributed by atoms with Crippen LogP contribution < -0.4 is 5.32 Å². The normalized spacial score (nSPS) is 22.7. The Labute approximate surface area is 186 Å². The van der Waals surface area contributed by atoms with Crippen molar-refractivity contribution < 1.29 is 27.1 Å². The molecular formula is C22H20ClF4N3O2. The summed E-state index contributed by atoms with van der Waals surface area (Å²) >= 11 is 5.85. The third-order valence-corrected chi connectivity index (χ3v) is 6.86. The second kappa shape index (κ2) is 7.59. The average molecular weight is 470 g/mol. The first kappa shape index (κ1) is 21.5. The molecule has 0 saturated carbocycles. The topological polar surface area (TPSA) is 54.5 Å². The summed E-state index contributed by atoms with van der Waals surface area (Å²) in [5.74, 6) is -0.959. The molecule has 170 valence electrons. The Hall–Kier alpha value is -2.39. The van der Waals surface area contributed by atoms with Crippen molar-refractivity contribution in [2.45, 2.75) is 37.5 Å². The number of aromatic nitrogens is 1. The maximum Gasteiger partial charge on any atom is 0.414 e. The summed E-state index contributed by atoms with van der Waals surface area (Å²) in [7, 11) is 0. The van der Waals surface area contributed by atoms with Gasteiger partial charge < -0.3 is 15.0 Å². The van der Waals surface area contributed by atoms with Gasteiger partial charge >= 0.3 is 6.18 Å². The highest BCUT2D eigenvalue weighted by Crippen LogP contribution is 2.46. The molecule has 2 atom stereocenters. The molecule has 1 aliphatic carbocycles. The number of anilines is 1. The summed E-state index contributed by atoms with van der Waals surface area (Å²) in [6, 6.07) is 3.88. The molecule has 0 radical (unpaired) electrons. The SMILES string of the molecule is O=C1N(C(c2ccc(NC3Cc4ccc(Cl)c(F)c4C3)cn2)C(F)(F)F)CCC12COC2. The van der Waals surface area contributed by atoms with Crippen molar-refractivity contribution in [3.63, 3.8) is 0 Å². The molecule has 1 aromatic carbocycles. The standard InChI is InChI=1S/C22H20ClF4N3O2/c23-16-3-1-12-7-14(8-15(12)18(16)24)29-13-2-4-17(28-9-13)19(22(25,26)27)30-6-5-21(20(30)31)10-32-11-21/h1-4,9,14,19,29H,5-8,10-11H2. The van der Waals surface area contributed by atoms with Gasteiger partial charge in [-0.25, -0.2) is 4.39 Å². The number of amides is 1. The first-order chi connectivity index (χ1) is 15.2. The van der Waals surface area contributed by atoms with E-state index >= 15 is 0 Å². The number of pyridine rings is 1. The van der Waals surface area contributed by atoms with Crippen LogP contribution in [0.2, 0.25) is 5.02 Å². The Morgan fingerprint density at radius 2 is 2.00 bits per heavy atom. The van der Waals surface area contributed by atoms with Gasteiger partial charge in [0.25, 0.3) is 0 Å². The summed E-state index contributed by atoms with van der Waals surface area (Å²) in [4.78, 5) is 17.6. The highest BCUT2D eigenvalue weighted by molar-refractivity contribution is 6.30. The molecule has 2 aliphatic heterocycles. The van der Waals surface area contributed by atoms with Gasteiger partial charge in [0.2, 0.25) is 5.91 Å². The van der Waals surface area contributed by atoms with Crippen LogP contribution in [0.5, 0.6) is 0 Å². The van der Waals surface area contributed by atoms with Crippen molar-refractivity contribution >= 4 is 23.2 Å². The number of likely N-dealkylation sites (tertiary alicyclic amines) is 1. The Morgan fingerprint density at radius 1 is 1.22 bits per heavy atom. The predicted octanol–water partition coefficient (Wildman–Crippen LogP) is 4.31. The molecule has 5 rings (SSSR count). The van der Waals surface area contributed by atoms with Crippen LogP contribution in [0.4, 0.5) is 23.2 Å². The Kier molecular flexibility index (Phi) is 5.09. The highest BCUT2D eigenvalue weighted by atomic mass is 35.5. The third-order valence-electron chi connectivity index (χ3n) is 6.57. The van der Waals surface area contributed by atoms with E-state index in [2.05, 4.69) is 10.3 Å². The lowest BCUT2D eigenvalue weighted by atomic mass is 9.84. The van der Waals surface area contributed by atoms with Crippen molar-refractivity contribution in [1.29, 1.82) is 0 Å². The van der Waals surface area contributed by atoms with Gasteiger partial charge in [-0.3, -0.25) is 9.78 Å². The summed E-state index contributed by atoms with van der Waals surface area (Å²) in [6.45, 7) is 0.347. The van der Waals surface area contributed by atoms with Crippen molar-refractivity contribution in [2.24, 2.45) is 5.41 Å². The molecular weight excluding hydrogens is 450 g/mol. The fourth-order valence-electron chi connectivity index (χ4n) is 4.83. The number of hydrogen-bond donors (Lipinski definition) is 1. The van der Waals surface area contributed by atoms with Crippen molar-refractivity contribution in [1.82, 2.24) is 9.88 Å². The third kappa shape index (κ3) is 3.51. The zero-order chi connectivity index (χ0) is 22.7. The molecule has 2 saturated heterocycles. The molecule has 1 aromatic heterocycles. The number of benzene rings is 1. The molecule has 1 spiro atoms. The van der Waals surface area contributed by atoms with Crippen LogP contribution in [0.15, 0.2) is 30.5 Å². The fourth-order valence-corrected chi connectivity index (χ4v) is 5.01. The van der Waals surface area contributed by atoms with Gasteiger partial charge in [0.1, 0.15) is 5.82 Å². The number of nitrogens with one attached hydrogen (secondary N) is 1. The lowest BCUT2D eigenvalue weighted by Crippen LogP contribution is -2.51. The van der Waals surface area contributed by atoms with Crippen LogP contribution in [0.3, 0.4) is 0 Å². The van der Waals surface area contributed by atoms with Gasteiger partial charge in [-0.1, -0.05) is 17.7 Å². The van der Waals surface area contributed by atoms with E-state index in [4.69, 9.17) is 16.3 Å². The minimum Gasteiger partial charge on any atom is -0.380 e. The van der Waals surface area contributed by atoms with Crippen molar-refractivity contribution in [2.75, 3.05) is 25.1 Å². The molecule has 3 aliphatic rings. The first-order valence-corrected chi connectivity index (χ1v) is 10.7. The molecule has 3 heterocycles. The minimum absolute atomic E-state index is 0.0164. The Balaban J connectivity index is 1.32. The van der Waals surface area contributed by atoms with Crippen LogP contribution in [-0.2, 0) is 22.4 Å². The molecule has 2 unspecified atom stereocenters. The number of halogens is 5. The average Bonchev–Trinajstić information content (AvgIpc) is 3.27. The van der Waals surface area contributed by atoms with Gasteiger partial charge in [0.05, 0.1) is 41.2 Å². The van der Waals surface area contributed by atoms with Crippen LogP contribution in [0.1, 0.15) is 29.3 Å². The molecule has 5 nitrogen and oxygen atoms in total. The van der Waals surface area contributed by atoms with Crippen molar-refractivity contribution in [3.05, 3.63) is 58.1 Å².